The Kier molecular flexibility index (Phi) is 3.48. The SMILES string of the molecule is Cc1ccc2nc(/C=C/c3ccccc3C(F)(F)F)[nH]c2c1. The molecule has 0 unspecified atom stereocenters. The van der Waals surface area contributed by atoms with Gasteiger partial charge in [-0.15, -0.1) is 0 Å². The Morgan fingerprint density at radius 1 is 1.05 bits per heavy atom. The number of fused-ring (bicyclic) bond motifs is 1. The summed E-state index contributed by atoms with van der Waals surface area (Å²) >= 11 is 0. The maximum Gasteiger partial charge on any atom is 0.416 e. The summed E-state index contributed by atoms with van der Waals surface area (Å²) in [5.74, 6) is 0.526. The molecule has 0 saturated carbocycles. The number of hydrogen-bond donors (Lipinski definition) is 1. The Labute approximate surface area is 125 Å². The Hall–Kier alpha value is -2.56. The lowest BCUT2D eigenvalue weighted by Gasteiger charge is -2.09. The third-order valence-electron chi connectivity index (χ3n) is 3.34. The molecule has 3 aromatic rings. The van der Waals surface area contributed by atoms with E-state index in [9.17, 15) is 13.2 Å². The van der Waals surface area contributed by atoms with Crippen LogP contribution in [0.4, 0.5) is 13.2 Å². The first-order valence-corrected chi connectivity index (χ1v) is 6.74. The summed E-state index contributed by atoms with van der Waals surface area (Å²) in [7, 11) is 0. The van der Waals surface area contributed by atoms with Crippen molar-refractivity contribution in [2.75, 3.05) is 0 Å². The number of nitrogens with one attached hydrogen (secondary N) is 1. The molecular formula is C17H13F3N2. The number of rotatable bonds is 2. The molecule has 0 aliphatic heterocycles. The normalized spacial score (nSPS) is 12.4. The molecular weight excluding hydrogens is 289 g/mol. The average Bonchev–Trinajstić information content (AvgIpc) is 2.86. The van der Waals surface area contributed by atoms with Crippen LogP contribution in [0.3, 0.4) is 0 Å². The van der Waals surface area contributed by atoms with Crippen LogP contribution in [0.1, 0.15) is 22.5 Å². The molecule has 0 spiro atoms. The van der Waals surface area contributed by atoms with Gasteiger partial charge in [0.1, 0.15) is 5.82 Å². The topological polar surface area (TPSA) is 28.7 Å². The smallest absolute Gasteiger partial charge is 0.338 e. The first-order valence-electron chi connectivity index (χ1n) is 6.74. The van der Waals surface area contributed by atoms with E-state index in [1.54, 1.807) is 12.1 Å². The van der Waals surface area contributed by atoms with E-state index in [0.29, 0.717) is 5.82 Å². The van der Waals surface area contributed by atoms with Crippen LogP contribution in [-0.2, 0) is 6.18 Å². The van der Waals surface area contributed by atoms with E-state index < -0.39 is 11.7 Å². The van der Waals surface area contributed by atoms with Crippen LogP contribution >= 0.6 is 0 Å². The lowest BCUT2D eigenvalue weighted by molar-refractivity contribution is -0.137. The highest BCUT2D eigenvalue weighted by atomic mass is 19.4. The summed E-state index contributed by atoms with van der Waals surface area (Å²) in [5, 5.41) is 0. The van der Waals surface area contributed by atoms with Gasteiger partial charge in [-0.25, -0.2) is 4.98 Å². The molecule has 0 saturated heterocycles. The molecule has 1 N–H and O–H groups in total. The molecule has 112 valence electrons. The van der Waals surface area contributed by atoms with Gasteiger partial charge in [0.25, 0.3) is 0 Å². The minimum absolute atomic E-state index is 0.117. The average molecular weight is 302 g/mol. The molecule has 1 heterocycles. The zero-order chi connectivity index (χ0) is 15.7. The first kappa shape index (κ1) is 14.4. The molecule has 0 atom stereocenters. The number of nitrogens with zero attached hydrogens (tertiary/aromatic N) is 1. The van der Waals surface area contributed by atoms with Crippen molar-refractivity contribution in [2.45, 2.75) is 13.1 Å². The predicted octanol–water partition coefficient (Wildman–Crippen LogP) is 5.06. The van der Waals surface area contributed by atoms with Gasteiger partial charge in [-0.3, -0.25) is 0 Å². The van der Waals surface area contributed by atoms with Crippen molar-refractivity contribution in [1.29, 1.82) is 0 Å². The quantitative estimate of drug-likeness (QED) is 0.704. The fourth-order valence-corrected chi connectivity index (χ4v) is 2.29. The van der Waals surface area contributed by atoms with Gasteiger partial charge >= 0.3 is 6.18 Å². The van der Waals surface area contributed by atoms with Crippen molar-refractivity contribution >= 4 is 23.2 Å². The number of aromatic amines is 1. The van der Waals surface area contributed by atoms with E-state index in [4.69, 9.17) is 0 Å². The standard InChI is InChI=1S/C17H13F3N2/c1-11-6-8-14-15(10-11)22-16(21-14)9-7-12-4-2-3-5-13(12)17(18,19)20/h2-10H,1H3,(H,21,22)/b9-7+. The van der Waals surface area contributed by atoms with E-state index in [1.807, 2.05) is 25.1 Å². The summed E-state index contributed by atoms with van der Waals surface area (Å²) in [6, 6.07) is 11.2. The van der Waals surface area contributed by atoms with Gasteiger partial charge in [-0.1, -0.05) is 30.3 Å². The molecule has 2 aromatic carbocycles. The number of imidazole rings is 1. The second-order valence-electron chi connectivity index (χ2n) is 5.06. The van der Waals surface area contributed by atoms with Crippen molar-refractivity contribution in [3.05, 3.63) is 65.0 Å². The maximum absolute atomic E-state index is 12.9. The van der Waals surface area contributed by atoms with Gasteiger partial charge < -0.3 is 4.98 Å². The third-order valence-corrected chi connectivity index (χ3v) is 3.34. The largest absolute Gasteiger partial charge is 0.416 e. The highest BCUT2D eigenvalue weighted by Crippen LogP contribution is 2.32. The van der Waals surface area contributed by atoms with E-state index in [0.717, 1.165) is 22.7 Å². The summed E-state index contributed by atoms with van der Waals surface area (Å²) in [4.78, 5) is 7.42. The number of halogens is 3. The zero-order valence-corrected chi connectivity index (χ0v) is 11.8. The molecule has 0 aliphatic rings. The van der Waals surface area contributed by atoms with Crippen molar-refractivity contribution in [2.24, 2.45) is 0 Å². The van der Waals surface area contributed by atoms with Crippen LogP contribution in [0.15, 0.2) is 42.5 Å². The second-order valence-corrected chi connectivity index (χ2v) is 5.06. The summed E-state index contributed by atoms with van der Waals surface area (Å²) < 4.78 is 38.8. The Bertz CT molecular complexity index is 844. The molecule has 5 heteroatoms. The number of hydrogen-bond acceptors (Lipinski definition) is 1. The lowest BCUT2D eigenvalue weighted by Crippen LogP contribution is -2.06. The molecule has 3 rings (SSSR count). The zero-order valence-electron chi connectivity index (χ0n) is 11.8. The van der Waals surface area contributed by atoms with Crippen molar-refractivity contribution in [3.63, 3.8) is 0 Å². The van der Waals surface area contributed by atoms with Crippen LogP contribution in [0.25, 0.3) is 23.2 Å². The van der Waals surface area contributed by atoms with Gasteiger partial charge in [0.2, 0.25) is 0 Å². The van der Waals surface area contributed by atoms with E-state index in [-0.39, 0.29) is 5.56 Å². The van der Waals surface area contributed by atoms with E-state index in [2.05, 4.69) is 9.97 Å². The number of H-pyrrole nitrogens is 1. The van der Waals surface area contributed by atoms with Crippen LogP contribution < -0.4 is 0 Å². The second kappa shape index (κ2) is 5.33. The van der Waals surface area contributed by atoms with Gasteiger partial charge in [0, 0.05) is 0 Å². The molecule has 22 heavy (non-hydrogen) atoms. The molecule has 0 aliphatic carbocycles. The van der Waals surface area contributed by atoms with Crippen molar-refractivity contribution in [3.8, 4) is 0 Å². The molecule has 2 nitrogen and oxygen atoms in total. The Morgan fingerprint density at radius 3 is 2.59 bits per heavy atom. The van der Waals surface area contributed by atoms with Crippen LogP contribution in [0.5, 0.6) is 0 Å². The summed E-state index contributed by atoms with van der Waals surface area (Å²) in [6.07, 6.45) is -1.39. The Morgan fingerprint density at radius 2 is 1.82 bits per heavy atom. The van der Waals surface area contributed by atoms with E-state index >= 15 is 0 Å². The van der Waals surface area contributed by atoms with Crippen LogP contribution in [0.2, 0.25) is 0 Å². The molecule has 1 aromatic heterocycles. The lowest BCUT2D eigenvalue weighted by atomic mass is 10.1. The maximum atomic E-state index is 12.9. The summed E-state index contributed by atoms with van der Waals surface area (Å²) in [6.45, 7) is 1.97. The molecule has 0 fully saturated rings. The van der Waals surface area contributed by atoms with Gasteiger partial charge in [0.05, 0.1) is 16.6 Å². The number of alkyl halides is 3. The molecule has 0 bridgehead atoms. The molecule has 0 amide bonds. The first-order chi connectivity index (χ1) is 10.4. The predicted molar refractivity (Wildman–Crippen MR) is 81.2 cm³/mol. The summed E-state index contributed by atoms with van der Waals surface area (Å²) in [5.41, 5.74) is 2.21. The fraction of sp³-hybridized carbons (Fsp3) is 0.118. The van der Waals surface area contributed by atoms with Crippen LogP contribution in [0, 0.1) is 6.92 Å². The number of aryl methyl sites for hydroxylation is 1. The van der Waals surface area contributed by atoms with Crippen LogP contribution in [-0.4, -0.2) is 9.97 Å². The van der Waals surface area contributed by atoms with E-state index in [1.165, 1.54) is 18.2 Å². The number of aromatic nitrogens is 2. The van der Waals surface area contributed by atoms with Gasteiger partial charge in [0.15, 0.2) is 0 Å². The molecule has 0 radical (unpaired) electrons. The fourth-order valence-electron chi connectivity index (χ4n) is 2.29. The number of benzene rings is 2. The minimum atomic E-state index is -4.37. The van der Waals surface area contributed by atoms with Gasteiger partial charge in [-0.05, 0) is 42.3 Å². The van der Waals surface area contributed by atoms with Gasteiger partial charge in [-0.2, -0.15) is 13.2 Å². The van der Waals surface area contributed by atoms with Crippen molar-refractivity contribution < 1.29 is 13.2 Å². The monoisotopic (exact) mass is 302 g/mol. The third kappa shape index (κ3) is 2.88. The van der Waals surface area contributed by atoms with Crippen molar-refractivity contribution in [1.82, 2.24) is 9.97 Å². The Balaban J connectivity index is 1.96. The minimum Gasteiger partial charge on any atom is -0.338 e. The highest BCUT2D eigenvalue weighted by Gasteiger charge is 2.32. The highest BCUT2D eigenvalue weighted by molar-refractivity contribution is 5.79.